The molecule has 5 nitrogen and oxygen atoms in total. The van der Waals surface area contributed by atoms with Crippen molar-refractivity contribution in [3.8, 4) is 45.5 Å². The van der Waals surface area contributed by atoms with Gasteiger partial charge < -0.3 is 0 Å². The van der Waals surface area contributed by atoms with E-state index in [9.17, 15) is 0 Å². The van der Waals surface area contributed by atoms with Gasteiger partial charge in [-0.3, -0.25) is 9.13 Å². The van der Waals surface area contributed by atoms with Gasteiger partial charge in [0.25, 0.3) is 0 Å². The highest BCUT2D eigenvalue weighted by atomic mass is 15.3. The Kier molecular flexibility index (Phi) is 9.48. The standard InChI is InChI=1S/C58H41N5/c1-3-40(41-19-6-4-7-20-41)34-33-39(2)45-36-46(42-21-8-5-9-22-42)38-47(37-45)43-23-18-24-44(35-43)56-59-57(62-52-29-14-10-25-48(52)49-26-11-15-30-53(49)62)61-58(60-56)63-54-31-16-12-27-50(54)51-28-13-17-32-55(51)63/h3-38H,2H2,1H3/b34-33-,40-3+. The fraction of sp³-hybridized carbons (Fsp3) is 0.0172. The monoisotopic (exact) mass is 807 g/mol. The Morgan fingerprint density at radius 1 is 0.397 bits per heavy atom. The molecule has 11 rings (SSSR count). The van der Waals surface area contributed by atoms with Crippen molar-refractivity contribution in [3.05, 3.63) is 236 Å². The summed E-state index contributed by atoms with van der Waals surface area (Å²) in [4.78, 5) is 16.0. The molecule has 0 spiro atoms. The van der Waals surface area contributed by atoms with Gasteiger partial charge in [-0.15, -0.1) is 0 Å². The second kappa shape index (κ2) is 15.9. The number of aromatic nitrogens is 5. The Labute approximate surface area is 365 Å². The van der Waals surface area contributed by atoms with Gasteiger partial charge in [-0.05, 0) is 100.0 Å². The second-order valence-corrected chi connectivity index (χ2v) is 15.7. The summed E-state index contributed by atoms with van der Waals surface area (Å²) in [6, 6.07) is 70.1. The average Bonchev–Trinajstić information content (AvgIpc) is 3.88. The molecule has 0 aliphatic heterocycles. The molecule has 0 saturated heterocycles. The van der Waals surface area contributed by atoms with Gasteiger partial charge in [0.05, 0.1) is 22.1 Å². The minimum absolute atomic E-state index is 0.548. The fourth-order valence-electron chi connectivity index (χ4n) is 8.85. The van der Waals surface area contributed by atoms with Crippen LogP contribution in [-0.2, 0) is 0 Å². The van der Waals surface area contributed by atoms with Crippen LogP contribution in [0.25, 0.3) is 100 Å². The van der Waals surface area contributed by atoms with E-state index in [1.54, 1.807) is 0 Å². The van der Waals surface area contributed by atoms with Gasteiger partial charge >= 0.3 is 0 Å². The van der Waals surface area contributed by atoms with E-state index in [0.29, 0.717) is 17.7 Å². The van der Waals surface area contributed by atoms with Crippen molar-refractivity contribution in [3.63, 3.8) is 0 Å². The molecule has 0 N–H and O–H groups in total. The lowest BCUT2D eigenvalue weighted by atomic mass is 9.92. The molecule has 0 radical (unpaired) electrons. The number of nitrogens with zero attached hydrogens (tertiary/aromatic N) is 5. The summed E-state index contributed by atoms with van der Waals surface area (Å²) in [6.07, 6.45) is 6.40. The summed E-state index contributed by atoms with van der Waals surface area (Å²) in [5, 5.41) is 4.57. The van der Waals surface area contributed by atoms with E-state index in [2.05, 4.69) is 235 Å². The summed E-state index contributed by atoms with van der Waals surface area (Å²) in [6.45, 7) is 6.64. The van der Waals surface area contributed by atoms with Crippen molar-refractivity contribution in [2.45, 2.75) is 6.92 Å². The molecule has 0 aliphatic rings. The molecule has 0 atom stereocenters. The summed E-state index contributed by atoms with van der Waals surface area (Å²) in [7, 11) is 0. The predicted octanol–water partition coefficient (Wildman–Crippen LogP) is 14.7. The number of rotatable bonds is 9. The Hall–Kier alpha value is -8.41. The maximum atomic E-state index is 5.34. The third kappa shape index (κ3) is 6.82. The van der Waals surface area contributed by atoms with E-state index in [1.807, 2.05) is 6.07 Å². The Bertz CT molecular complexity index is 3350. The van der Waals surface area contributed by atoms with Gasteiger partial charge in [0.2, 0.25) is 11.9 Å². The number of benzene rings is 8. The van der Waals surface area contributed by atoms with E-state index in [-0.39, 0.29) is 0 Å². The number of hydrogen-bond acceptors (Lipinski definition) is 3. The number of para-hydroxylation sites is 4. The topological polar surface area (TPSA) is 48.5 Å². The first-order chi connectivity index (χ1) is 31.1. The quantitative estimate of drug-likeness (QED) is 0.137. The fourth-order valence-corrected chi connectivity index (χ4v) is 8.85. The minimum atomic E-state index is 0.548. The molecule has 0 bridgehead atoms. The molecule has 11 aromatic rings. The van der Waals surface area contributed by atoms with Gasteiger partial charge in [-0.2, -0.15) is 15.0 Å². The normalized spacial score (nSPS) is 12.0. The van der Waals surface area contributed by atoms with Crippen molar-refractivity contribution in [2.75, 3.05) is 0 Å². The lowest BCUT2D eigenvalue weighted by Crippen LogP contribution is -2.10. The molecule has 298 valence electrons. The van der Waals surface area contributed by atoms with Crippen molar-refractivity contribution in [1.82, 2.24) is 24.1 Å². The molecule has 0 saturated carbocycles. The zero-order valence-electron chi connectivity index (χ0n) is 34.7. The molecule has 3 heterocycles. The highest BCUT2D eigenvalue weighted by Crippen LogP contribution is 2.36. The zero-order chi connectivity index (χ0) is 42.3. The smallest absolute Gasteiger partial charge is 0.240 e. The predicted molar refractivity (Wildman–Crippen MR) is 263 cm³/mol. The largest absolute Gasteiger partial charge is 0.278 e. The highest BCUT2D eigenvalue weighted by molar-refractivity contribution is 6.10. The summed E-state index contributed by atoms with van der Waals surface area (Å²) in [5.74, 6) is 1.67. The van der Waals surface area contributed by atoms with Crippen LogP contribution in [0.1, 0.15) is 18.1 Å². The van der Waals surface area contributed by atoms with E-state index in [4.69, 9.17) is 15.0 Å². The summed E-state index contributed by atoms with van der Waals surface area (Å²) >= 11 is 0. The Morgan fingerprint density at radius 3 is 1.35 bits per heavy atom. The van der Waals surface area contributed by atoms with Gasteiger partial charge in [-0.1, -0.05) is 176 Å². The van der Waals surface area contributed by atoms with Crippen LogP contribution in [0.15, 0.2) is 225 Å². The zero-order valence-corrected chi connectivity index (χ0v) is 34.7. The number of hydrogen-bond donors (Lipinski definition) is 0. The molecular weight excluding hydrogens is 767 g/mol. The van der Waals surface area contributed by atoms with Crippen LogP contribution in [0.5, 0.6) is 0 Å². The average molecular weight is 808 g/mol. The van der Waals surface area contributed by atoms with Crippen molar-refractivity contribution in [1.29, 1.82) is 0 Å². The number of allylic oxidation sites excluding steroid dienone is 5. The van der Waals surface area contributed by atoms with Crippen molar-refractivity contribution < 1.29 is 0 Å². The van der Waals surface area contributed by atoms with Crippen LogP contribution in [-0.4, -0.2) is 24.1 Å². The van der Waals surface area contributed by atoms with E-state index < -0.39 is 0 Å². The second-order valence-electron chi connectivity index (χ2n) is 15.7. The minimum Gasteiger partial charge on any atom is -0.278 e. The van der Waals surface area contributed by atoms with E-state index in [0.717, 1.165) is 88.1 Å². The van der Waals surface area contributed by atoms with Gasteiger partial charge in [0.15, 0.2) is 5.82 Å². The Morgan fingerprint density at radius 2 is 0.825 bits per heavy atom. The first-order valence-electron chi connectivity index (χ1n) is 21.2. The Balaban J connectivity index is 1.09. The SMILES string of the molecule is C=C(/C=C\C(=C/C)c1ccccc1)c1cc(-c2ccccc2)cc(-c2cccc(-c3nc(-n4c5ccccc5c5ccccc54)nc(-n4c5ccccc5c5ccccc54)n3)c2)c1. The van der Waals surface area contributed by atoms with Gasteiger partial charge in [0.1, 0.15) is 0 Å². The van der Waals surface area contributed by atoms with Gasteiger partial charge in [0, 0.05) is 27.1 Å². The van der Waals surface area contributed by atoms with Crippen LogP contribution in [0.2, 0.25) is 0 Å². The molecule has 63 heavy (non-hydrogen) atoms. The molecular formula is C58H41N5. The first-order valence-corrected chi connectivity index (χ1v) is 21.2. The third-order valence-electron chi connectivity index (χ3n) is 11.9. The van der Waals surface area contributed by atoms with Crippen molar-refractivity contribution in [2.24, 2.45) is 0 Å². The van der Waals surface area contributed by atoms with Gasteiger partial charge in [-0.25, -0.2) is 0 Å². The molecule has 0 fully saturated rings. The first kappa shape index (κ1) is 37.6. The molecule has 5 heteroatoms. The highest BCUT2D eigenvalue weighted by Gasteiger charge is 2.21. The lowest BCUT2D eigenvalue weighted by Gasteiger charge is -2.14. The maximum absolute atomic E-state index is 5.34. The lowest BCUT2D eigenvalue weighted by molar-refractivity contribution is 0.893. The summed E-state index contributed by atoms with van der Waals surface area (Å²) in [5.41, 5.74) is 13.6. The molecule has 3 aromatic heterocycles. The van der Waals surface area contributed by atoms with Crippen LogP contribution >= 0.6 is 0 Å². The van der Waals surface area contributed by atoms with E-state index >= 15 is 0 Å². The van der Waals surface area contributed by atoms with Crippen LogP contribution in [0.3, 0.4) is 0 Å². The van der Waals surface area contributed by atoms with E-state index in [1.165, 1.54) is 5.56 Å². The van der Waals surface area contributed by atoms with Crippen LogP contribution in [0.4, 0.5) is 0 Å². The molecule has 8 aromatic carbocycles. The molecule has 0 aliphatic carbocycles. The summed E-state index contributed by atoms with van der Waals surface area (Å²) < 4.78 is 4.34. The van der Waals surface area contributed by atoms with Crippen molar-refractivity contribution >= 4 is 54.8 Å². The third-order valence-corrected chi connectivity index (χ3v) is 11.9. The maximum Gasteiger partial charge on any atom is 0.240 e. The molecule has 0 amide bonds. The van der Waals surface area contributed by atoms with Crippen LogP contribution < -0.4 is 0 Å². The molecule has 0 unspecified atom stereocenters. The van der Waals surface area contributed by atoms with Crippen LogP contribution in [0, 0.1) is 0 Å². The number of fused-ring (bicyclic) bond motifs is 6.